The predicted octanol–water partition coefficient (Wildman–Crippen LogP) is 4.40. The van der Waals surface area contributed by atoms with Crippen LogP contribution in [0.4, 0.5) is 0 Å². The summed E-state index contributed by atoms with van der Waals surface area (Å²) in [6.07, 6.45) is 4.85. The summed E-state index contributed by atoms with van der Waals surface area (Å²) in [5.41, 5.74) is 2.43. The van der Waals surface area contributed by atoms with Gasteiger partial charge in [0.15, 0.2) is 0 Å². The molecule has 2 heterocycles. The molecule has 118 valence electrons. The Bertz CT molecular complexity index is 773. The summed E-state index contributed by atoms with van der Waals surface area (Å²) < 4.78 is 13.9. The van der Waals surface area contributed by atoms with E-state index < -0.39 is 0 Å². The largest absolute Gasteiger partial charge is 0.489 e. The number of hydrogen-bond acceptors (Lipinski definition) is 2. The lowest BCUT2D eigenvalue weighted by Crippen LogP contribution is -2.13. The van der Waals surface area contributed by atoms with Gasteiger partial charge in [-0.15, -0.1) is 0 Å². The number of hydrogen-bond donors (Lipinski definition) is 0. The van der Waals surface area contributed by atoms with Gasteiger partial charge in [0.25, 0.3) is 0 Å². The zero-order chi connectivity index (χ0) is 15.5. The molecule has 1 aliphatic rings. The number of aromatic nitrogens is 1. The molecule has 1 atom stereocenters. The SMILES string of the molecule is c1ccc(COc2ccc3c(ccn3C[C@H]3CCCO3)c2)cc1. The Kier molecular flexibility index (Phi) is 4.03. The molecule has 3 heteroatoms. The third-order valence-electron chi connectivity index (χ3n) is 4.42. The van der Waals surface area contributed by atoms with Gasteiger partial charge < -0.3 is 14.0 Å². The van der Waals surface area contributed by atoms with Crippen LogP contribution in [0.15, 0.2) is 60.8 Å². The quantitative estimate of drug-likeness (QED) is 0.697. The van der Waals surface area contributed by atoms with Gasteiger partial charge in [-0.1, -0.05) is 30.3 Å². The van der Waals surface area contributed by atoms with Gasteiger partial charge in [0.2, 0.25) is 0 Å². The fourth-order valence-electron chi connectivity index (χ4n) is 3.18. The number of ether oxygens (including phenoxy) is 2. The second kappa shape index (κ2) is 6.47. The Morgan fingerprint density at radius 1 is 1.09 bits per heavy atom. The molecule has 1 fully saturated rings. The average Bonchev–Trinajstić information content (AvgIpc) is 3.24. The molecule has 0 spiro atoms. The van der Waals surface area contributed by atoms with Gasteiger partial charge in [0.05, 0.1) is 6.10 Å². The van der Waals surface area contributed by atoms with Crippen molar-refractivity contribution in [1.29, 1.82) is 0 Å². The first-order chi connectivity index (χ1) is 11.4. The van der Waals surface area contributed by atoms with Gasteiger partial charge in [0.1, 0.15) is 12.4 Å². The lowest BCUT2D eigenvalue weighted by molar-refractivity contribution is 0.0980. The van der Waals surface area contributed by atoms with E-state index in [-0.39, 0.29) is 0 Å². The maximum Gasteiger partial charge on any atom is 0.120 e. The maximum absolute atomic E-state index is 5.91. The summed E-state index contributed by atoms with van der Waals surface area (Å²) in [4.78, 5) is 0. The van der Waals surface area contributed by atoms with Gasteiger partial charge in [-0.2, -0.15) is 0 Å². The smallest absolute Gasteiger partial charge is 0.120 e. The number of benzene rings is 2. The number of fused-ring (bicyclic) bond motifs is 1. The van der Waals surface area contributed by atoms with Crippen molar-refractivity contribution in [1.82, 2.24) is 4.57 Å². The van der Waals surface area contributed by atoms with E-state index in [4.69, 9.17) is 9.47 Å². The van der Waals surface area contributed by atoms with E-state index in [0.717, 1.165) is 25.3 Å². The van der Waals surface area contributed by atoms with Crippen molar-refractivity contribution in [2.24, 2.45) is 0 Å². The predicted molar refractivity (Wildman–Crippen MR) is 91.7 cm³/mol. The van der Waals surface area contributed by atoms with E-state index in [1.807, 2.05) is 18.2 Å². The molecule has 0 aliphatic carbocycles. The van der Waals surface area contributed by atoms with Crippen LogP contribution in [0.3, 0.4) is 0 Å². The Morgan fingerprint density at radius 3 is 2.83 bits per heavy atom. The fraction of sp³-hybridized carbons (Fsp3) is 0.300. The minimum atomic E-state index is 0.361. The van der Waals surface area contributed by atoms with Crippen molar-refractivity contribution in [3.63, 3.8) is 0 Å². The molecular formula is C20H21NO2. The number of nitrogens with zero attached hydrogens (tertiary/aromatic N) is 1. The molecule has 0 bridgehead atoms. The average molecular weight is 307 g/mol. The summed E-state index contributed by atoms with van der Waals surface area (Å²) in [6, 6.07) is 18.7. The molecule has 0 radical (unpaired) electrons. The minimum Gasteiger partial charge on any atom is -0.489 e. The Labute approximate surface area is 136 Å². The van der Waals surface area contributed by atoms with E-state index >= 15 is 0 Å². The van der Waals surface area contributed by atoms with Crippen LogP contribution in [0, 0.1) is 0 Å². The zero-order valence-corrected chi connectivity index (χ0v) is 13.2. The molecule has 23 heavy (non-hydrogen) atoms. The summed E-state index contributed by atoms with van der Waals surface area (Å²) in [6.45, 7) is 2.44. The van der Waals surface area contributed by atoms with Crippen LogP contribution >= 0.6 is 0 Å². The fourth-order valence-corrected chi connectivity index (χ4v) is 3.18. The second-order valence-corrected chi connectivity index (χ2v) is 6.10. The molecule has 1 saturated heterocycles. The van der Waals surface area contributed by atoms with Gasteiger partial charge in [0, 0.05) is 30.3 Å². The highest BCUT2D eigenvalue weighted by molar-refractivity contribution is 5.81. The Hall–Kier alpha value is -2.26. The van der Waals surface area contributed by atoms with Gasteiger partial charge in [-0.25, -0.2) is 0 Å². The Balaban J connectivity index is 1.48. The highest BCUT2D eigenvalue weighted by atomic mass is 16.5. The van der Waals surface area contributed by atoms with Crippen molar-refractivity contribution < 1.29 is 9.47 Å². The molecule has 1 aliphatic heterocycles. The van der Waals surface area contributed by atoms with Crippen molar-refractivity contribution in [3.8, 4) is 5.75 Å². The molecule has 1 aromatic heterocycles. The molecule has 3 nitrogen and oxygen atoms in total. The molecule has 3 aromatic rings. The lowest BCUT2D eigenvalue weighted by atomic mass is 10.2. The van der Waals surface area contributed by atoms with Crippen LogP contribution in [0.2, 0.25) is 0 Å². The van der Waals surface area contributed by atoms with E-state index in [2.05, 4.69) is 47.2 Å². The molecule has 4 rings (SSSR count). The van der Waals surface area contributed by atoms with Crippen molar-refractivity contribution in [3.05, 3.63) is 66.4 Å². The lowest BCUT2D eigenvalue weighted by Gasteiger charge is -2.12. The third-order valence-corrected chi connectivity index (χ3v) is 4.42. The highest BCUT2D eigenvalue weighted by Gasteiger charge is 2.16. The summed E-state index contributed by atoms with van der Waals surface area (Å²) in [5.74, 6) is 0.913. The highest BCUT2D eigenvalue weighted by Crippen LogP contribution is 2.24. The van der Waals surface area contributed by atoms with Crippen LogP contribution in [0.5, 0.6) is 5.75 Å². The summed E-state index contributed by atoms with van der Waals surface area (Å²) in [5, 5.41) is 1.22. The van der Waals surface area contributed by atoms with Gasteiger partial charge in [-0.3, -0.25) is 0 Å². The van der Waals surface area contributed by atoms with Crippen molar-refractivity contribution in [2.45, 2.75) is 32.1 Å². The van der Waals surface area contributed by atoms with E-state index in [1.54, 1.807) is 0 Å². The normalized spacial score (nSPS) is 17.7. The van der Waals surface area contributed by atoms with Crippen molar-refractivity contribution >= 4 is 10.9 Å². The summed E-state index contributed by atoms with van der Waals surface area (Å²) in [7, 11) is 0. The van der Waals surface area contributed by atoms with Crippen LogP contribution < -0.4 is 4.74 Å². The molecule has 0 N–H and O–H groups in total. The second-order valence-electron chi connectivity index (χ2n) is 6.10. The molecular weight excluding hydrogens is 286 g/mol. The molecule has 0 amide bonds. The standard InChI is InChI=1S/C20H21NO2/c1-2-5-16(6-3-1)15-23-18-8-9-20-17(13-18)10-11-21(20)14-19-7-4-12-22-19/h1-3,5-6,8-11,13,19H,4,7,12,14-15H2/t19-/m1/s1. The maximum atomic E-state index is 5.91. The monoisotopic (exact) mass is 307 g/mol. The van der Waals surface area contributed by atoms with Crippen LogP contribution in [-0.2, 0) is 17.9 Å². The van der Waals surface area contributed by atoms with Crippen LogP contribution in [0.1, 0.15) is 18.4 Å². The number of rotatable bonds is 5. The third kappa shape index (κ3) is 3.25. The molecule has 0 unspecified atom stereocenters. The van der Waals surface area contributed by atoms with E-state index in [0.29, 0.717) is 12.7 Å². The first-order valence-corrected chi connectivity index (χ1v) is 8.26. The van der Waals surface area contributed by atoms with E-state index in [9.17, 15) is 0 Å². The molecule has 2 aromatic carbocycles. The first kappa shape index (κ1) is 14.3. The van der Waals surface area contributed by atoms with E-state index in [1.165, 1.54) is 22.9 Å². The summed E-state index contributed by atoms with van der Waals surface area (Å²) >= 11 is 0. The van der Waals surface area contributed by atoms with Gasteiger partial charge >= 0.3 is 0 Å². The van der Waals surface area contributed by atoms with Crippen molar-refractivity contribution in [2.75, 3.05) is 6.61 Å². The van der Waals surface area contributed by atoms with Gasteiger partial charge in [-0.05, 0) is 42.7 Å². The first-order valence-electron chi connectivity index (χ1n) is 8.26. The zero-order valence-electron chi connectivity index (χ0n) is 13.2. The topological polar surface area (TPSA) is 23.4 Å². The minimum absolute atomic E-state index is 0.361. The van der Waals surface area contributed by atoms with Crippen LogP contribution in [-0.4, -0.2) is 17.3 Å². The Morgan fingerprint density at radius 2 is 2.00 bits per heavy atom. The molecule has 0 saturated carbocycles. The van der Waals surface area contributed by atoms with Crippen LogP contribution in [0.25, 0.3) is 10.9 Å².